The molecule has 1 aliphatic rings. The van der Waals surface area contributed by atoms with Gasteiger partial charge in [0.15, 0.2) is 0 Å². The maximum atomic E-state index is 12.5. The van der Waals surface area contributed by atoms with E-state index in [1.807, 2.05) is 13.8 Å². The number of hydrogen-bond acceptors (Lipinski definition) is 3. The van der Waals surface area contributed by atoms with Gasteiger partial charge in [0.05, 0.1) is 11.3 Å². The third-order valence-electron chi connectivity index (χ3n) is 4.33. The lowest BCUT2D eigenvalue weighted by molar-refractivity contribution is -0.149. The molecule has 18 heavy (non-hydrogen) atoms. The average Bonchev–Trinajstić information content (AvgIpc) is 2.41. The molecule has 0 atom stereocenters. The van der Waals surface area contributed by atoms with Crippen molar-refractivity contribution in [2.75, 3.05) is 19.6 Å². The Bertz CT molecular complexity index is 297. The van der Waals surface area contributed by atoms with Crippen LogP contribution in [0.3, 0.4) is 0 Å². The van der Waals surface area contributed by atoms with Crippen molar-refractivity contribution < 1.29 is 14.7 Å². The summed E-state index contributed by atoms with van der Waals surface area (Å²) in [7, 11) is 0. The highest BCUT2D eigenvalue weighted by Gasteiger charge is 2.38. The zero-order chi connectivity index (χ0) is 13.8. The first-order valence-corrected chi connectivity index (χ1v) is 6.73. The number of carbonyl (C=O) groups excluding carboxylic acids is 1. The van der Waals surface area contributed by atoms with E-state index in [9.17, 15) is 9.59 Å². The minimum atomic E-state index is -0.752. The van der Waals surface area contributed by atoms with Crippen molar-refractivity contribution >= 4 is 11.9 Å². The minimum absolute atomic E-state index is 0.0961. The number of aliphatic carboxylic acids is 1. The Kier molecular flexibility index (Phi) is 5.14. The lowest BCUT2D eigenvalue weighted by Crippen LogP contribution is -2.50. The van der Waals surface area contributed by atoms with Crippen molar-refractivity contribution in [1.82, 2.24) is 4.90 Å². The van der Waals surface area contributed by atoms with Gasteiger partial charge in [-0.05, 0) is 25.7 Å². The second-order valence-electron chi connectivity index (χ2n) is 5.10. The van der Waals surface area contributed by atoms with Crippen molar-refractivity contribution in [2.45, 2.75) is 39.5 Å². The molecule has 1 heterocycles. The largest absolute Gasteiger partial charge is 0.481 e. The first-order valence-electron chi connectivity index (χ1n) is 6.73. The molecule has 3 N–H and O–H groups in total. The monoisotopic (exact) mass is 256 g/mol. The normalized spacial score (nSPS) is 17.8. The summed E-state index contributed by atoms with van der Waals surface area (Å²) in [6.45, 7) is 5.41. The van der Waals surface area contributed by atoms with Gasteiger partial charge in [-0.15, -0.1) is 0 Å². The molecular weight excluding hydrogens is 232 g/mol. The fourth-order valence-electron chi connectivity index (χ4n) is 2.59. The molecule has 0 aromatic heterocycles. The topological polar surface area (TPSA) is 83.6 Å². The van der Waals surface area contributed by atoms with Crippen LogP contribution in [-0.4, -0.2) is 41.5 Å². The molecule has 0 saturated carbocycles. The average molecular weight is 256 g/mol. The van der Waals surface area contributed by atoms with Crippen LogP contribution in [0.1, 0.15) is 39.5 Å². The Balaban J connectivity index is 2.67. The zero-order valence-corrected chi connectivity index (χ0v) is 11.3. The molecule has 5 heteroatoms. The highest BCUT2D eigenvalue weighted by atomic mass is 16.4. The van der Waals surface area contributed by atoms with Crippen molar-refractivity contribution in [3.63, 3.8) is 0 Å². The Labute approximate surface area is 108 Å². The third kappa shape index (κ3) is 2.83. The van der Waals surface area contributed by atoms with E-state index in [4.69, 9.17) is 10.8 Å². The highest BCUT2D eigenvalue weighted by Crippen LogP contribution is 2.30. The van der Waals surface area contributed by atoms with Crippen LogP contribution in [-0.2, 0) is 9.59 Å². The van der Waals surface area contributed by atoms with Gasteiger partial charge in [-0.3, -0.25) is 9.59 Å². The predicted molar refractivity (Wildman–Crippen MR) is 69.0 cm³/mol. The quantitative estimate of drug-likeness (QED) is 0.771. The van der Waals surface area contributed by atoms with Crippen molar-refractivity contribution in [1.29, 1.82) is 0 Å². The van der Waals surface area contributed by atoms with E-state index >= 15 is 0 Å². The smallest absolute Gasteiger partial charge is 0.306 e. The standard InChI is InChI=1S/C13H24N2O3/c1-3-13(4-2,9-14)12(18)15-7-5-10(6-8-15)11(16)17/h10H,3-9,14H2,1-2H3,(H,16,17). The zero-order valence-electron chi connectivity index (χ0n) is 11.3. The molecule has 1 amide bonds. The number of carboxylic acids is 1. The number of carbonyl (C=O) groups is 2. The van der Waals surface area contributed by atoms with E-state index < -0.39 is 11.4 Å². The van der Waals surface area contributed by atoms with E-state index in [0.29, 0.717) is 32.5 Å². The molecule has 1 rings (SSSR count). The molecule has 0 radical (unpaired) electrons. The summed E-state index contributed by atoms with van der Waals surface area (Å²) in [6.07, 6.45) is 2.57. The molecule has 1 fully saturated rings. The summed E-state index contributed by atoms with van der Waals surface area (Å²) < 4.78 is 0. The van der Waals surface area contributed by atoms with E-state index in [0.717, 1.165) is 12.8 Å². The summed E-state index contributed by atoms with van der Waals surface area (Å²) in [4.78, 5) is 25.2. The van der Waals surface area contributed by atoms with Gasteiger partial charge >= 0.3 is 5.97 Å². The van der Waals surface area contributed by atoms with Crippen LogP contribution in [0.5, 0.6) is 0 Å². The van der Waals surface area contributed by atoms with Gasteiger partial charge in [0.2, 0.25) is 5.91 Å². The van der Waals surface area contributed by atoms with Crippen LogP contribution in [0.25, 0.3) is 0 Å². The number of carboxylic acid groups (broad SMARTS) is 1. The molecule has 0 aliphatic carbocycles. The summed E-state index contributed by atoms with van der Waals surface area (Å²) in [5, 5.41) is 8.94. The van der Waals surface area contributed by atoms with Crippen LogP contribution in [0.15, 0.2) is 0 Å². The van der Waals surface area contributed by atoms with Gasteiger partial charge < -0.3 is 15.7 Å². The molecule has 1 aliphatic heterocycles. The number of piperidine rings is 1. The minimum Gasteiger partial charge on any atom is -0.481 e. The van der Waals surface area contributed by atoms with Crippen LogP contribution in [0.2, 0.25) is 0 Å². The summed E-state index contributed by atoms with van der Waals surface area (Å²) in [6, 6.07) is 0. The first kappa shape index (κ1) is 15.0. The first-order chi connectivity index (χ1) is 8.50. The maximum Gasteiger partial charge on any atom is 0.306 e. The van der Waals surface area contributed by atoms with Crippen LogP contribution in [0, 0.1) is 11.3 Å². The third-order valence-corrected chi connectivity index (χ3v) is 4.33. The van der Waals surface area contributed by atoms with E-state index in [1.165, 1.54) is 0 Å². The molecule has 5 nitrogen and oxygen atoms in total. The molecule has 0 bridgehead atoms. The van der Waals surface area contributed by atoms with Gasteiger partial charge in [-0.1, -0.05) is 13.8 Å². The van der Waals surface area contributed by atoms with Crippen LogP contribution in [0.4, 0.5) is 0 Å². The van der Waals surface area contributed by atoms with E-state index in [2.05, 4.69) is 0 Å². The second kappa shape index (κ2) is 6.18. The molecule has 1 saturated heterocycles. The number of nitrogens with zero attached hydrogens (tertiary/aromatic N) is 1. The number of nitrogens with two attached hydrogens (primary N) is 1. The number of amides is 1. The lowest BCUT2D eigenvalue weighted by atomic mass is 9.80. The SMILES string of the molecule is CCC(CC)(CN)C(=O)N1CCC(C(=O)O)CC1. The van der Waals surface area contributed by atoms with Crippen LogP contribution < -0.4 is 5.73 Å². The Morgan fingerprint density at radius 3 is 2.11 bits per heavy atom. The highest BCUT2D eigenvalue weighted by molar-refractivity contribution is 5.83. The second-order valence-corrected chi connectivity index (χ2v) is 5.10. The molecule has 104 valence electrons. The Morgan fingerprint density at radius 1 is 1.28 bits per heavy atom. The molecule has 0 unspecified atom stereocenters. The molecule has 0 spiro atoms. The fraction of sp³-hybridized carbons (Fsp3) is 0.846. The molecule has 0 aromatic rings. The van der Waals surface area contributed by atoms with Gasteiger partial charge in [0, 0.05) is 19.6 Å². The summed E-state index contributed by atoms with van der Waals surface area (Å²) in [5.74, 6) is -0.957. The van der Waals surface area contributed by atoms with Crippen molar-refractivity contribution in [3.05, 3.63) is 0 Å². The van der Waals surface area contributed by atoms with E-state index in [-0.39, 0.29) is 11.8 Å². The number of likely N-dealkylation sites (tertiary alicyclic amines) is 1. The summed E-state index contributed by atoms with van der Waals surface area (Å²) >= 11 is 0. The van der Waals surface area contributed by atoms with Gasteiger partial charge in [-0.25, -0.2) is 0 Å². The Hall–Kier alpha value is -1.10. The van der Waals surface area contributed by atoms with Gasteiger partial charge in [0.1, 0.15) is 0 Å². The van der Waals surface area contributed by atoms with Crippen molar-refractivity contribution in [2.24, 2.45) is 17.1 Å². The maximum absolute atomic E-state index is 12.5. The van der Waals surface area contributed by atoms with Gasteiger partial charge in [0.25, 0.3) is 0 Å². The Morgan fingerprint density at radius 2 is 1.78 bits per heavy atom. The fourth-order valence-corrected chi connectivity index (χ4v) is 2.59. The van der Waals surface area contributed by atoms with Gasteiger partial charge in [-0.2, -0.15) is 0 Å². The lowest BCUT2D eigenvalue weighted by Gasteiger charge is -2.38. The summed E-state index contributed by atoms with van der Waals surface area (Å²) in [5.41, 5.74) is 5.31. The van der Waals surface area contributed by atoms with Crippen molar-refractivity contribution in [3.8, 4) is 0 Å². The number of hydrogen-bond donors (Lipinski definition) is 2. The van der Waals surface area contributed by atoms with Crippen LogP contribution >= 0.6 is 0 Å². The predicted octanol–water partition coefficient (Wildman–Crippen LogP) is 1.07. The molecule has 0 aromatic carbocycles. The molecular formula is C13H24N2O3. The van der Waals surface area contributed by atoms with E-state index in [1.54, 1.807) is 4.90 Å². The number of rotatable bonds is 5.